The number of hydrogen-bond acceptors (Lipinski definition) is 3. The van der Waals surface area contributed by atoms with Crippen LogP contribution in [0.5, 0.6) is 0 Å². The third-order valence-electron chi connectivity index (χ3n) is 3.46. The summed E-state index contributed by atoms with van der Waals surface area (Å²) in [5.41, 5.74) is -1.32. The fraction of sp³-hybridized carbons (Fsp3) is 0.143. The first-order valence-electron chi connectivity index (χ1n) is 5.86. The molecule has 1 N–H and O–H groups in total. The second kappa shape index (κ2) is 4.52. The van der Waals surface area contributed by atoms with Gasteiger partial charge in [0.05, 0.1) is 0 Å². The van der Waals surface area contributed by atoms with Crippen molar-refractivity contribution in [1.29, 1.82) is 0 Å². The van der Waals surface area contributed by atoms with Gasteiger partial charge in [0, 0.05) is 28.0 Å². The molecule has 0 radical (unpaired) electrons. The zero-order valence-corrected chi connectivity index (χ0v) is 10.9. The number of anilines is 2. The van der Waals surface area contributed by atoms with Crippen LogP contribution in [-0.2, 0) is 10.2 Å². The molecule has 2 heterocycles. The lowest BCUT2D eigenvalue weighted by atomic mass is 9.73. The van der Waals surface area contributed by atoms with Crippen LogP contribution in [0, 0.1) is 0 Å². The largest absolute Gasteiger partial charge is 0.340 e. The zero-order valence-electron chi connectivity index (χ0n) is 10.1. The van der Waals surface area contributed by atoms with Gasteiger partial charge in [-0.25, -0.2) is 13.8 Å². The molecule has 3 rings (SSSR count). The van der Waals surface area contributed by atoms with E-state index in [1.807, 2.05) is 0 Å². The van der Waals surface area contributed by atoms with Crippen molar-refractivity contribution in [3.63, 3.8) is 0 Å². The summed E-state index contributed by atoms with van der Waals surface area (Å²) < 4.78 is 27.5. The van der Waals surface area contributed by atoms with Crippen molar-refractivity contribution in [2.24, 2.45) is 0 Å². The molecule has 2 aromatic rings. The Balaban J connectivity index is 2.37. The maximum atomic E-state index is 13.7. The van der Waals surface area contributed by atoms with E-state index >= 15 is 0 Å². The Morgan fingerprint density at radius 2 is 2.10 bits per heavy atom. The number of carbonyl (C=O) groups excluding carboxylic acids is 1. The fourth-order valence-electron chi connectivity index (χ4n) is 2.49. The highest BCUT2D eigenvalue weighted by atomic mass is 35.5. The summed E-state index contributed by atoms with van der Waals surface area (Å²) in [6.07, 6.45) is -1.15. The number of aromatic nitrogens is 1. The van der Waals surface area contributed by atoms with Crippen LogP contribution >= 0.6 is 11.6 Å². The summed E-state index contributed by atoms with van der Waals surface area (Å²) in [4.78, 5) is 15.6. The minimum absolute atomic E-state index is 0.153. The monoisotopic (exact) mass is 294 g/mol. The van der Waals surface area contributed by atoms with Crippen molar-refractivity contribution < 1.29 is 13.6 Å². The van der Waals surface area contributed by atoms with Crippen LogP contribution in [0.2, 0.25) is 5.02 Å². The van der Waals surface area contributed by atoms with Gasteiger partial charge in [-0.05, 0) is 24.3 Å². The summed E-state index contributed by atoms with van der Waals surface area (Å²) in [5.74, 6) is 0.259. The lowest BCUT2D eigenvalue weighted by Crippen LogP contribution is -2.41. The molecular weight excluding hydrogens is 286 g/mol. The first kappa shape index (κ1) is 13.0. The van der Waals surface area contributed by atoms with Crippen LogP contribution in [0.3, 0.4) is 0 Å². The van der Waals surface area contributed by atoms with E-state index in [0.717, 1.165) is 0 Å². The van der Waals surface area contributed by atoms with E-state index in [2.05, 4.69) is 10.3 Å². The van der Waals surface area contributed by atoms with Crippen LogP contribution in [0.25, 0.3) is 0 Å². The summed E-state index contributed by atoms with van der Waals surface area (Å²) in [6.45, 7) is 0. The third-order valence-corrected chi connectivity index (χ3v) is 3.70. The Kier molecular flexibility index (Phi) is 2.94. The second-order valence-corrected chi connectivity index (χ2v) is 4.94. The molecule has 20 heavy (non-hydrogen) atoms. The summed E-state index contributed by atoms with van der Waals surface area (Å²) >= 11 is 5.89. The van der Waals surface area contributed by atoms with Gasteiger partial charge in [-0.2, -0.15) is 0 Å². The van der Waals surface area contributed by atoms with Gasteiger partial charge < -0.3 is 10.1 Å². The first-order chi connectivity index (χ1) is 9.59. The van der Waals surface area contributed by atoms with E-state index in [1.54, 1.807) is 12.1 Å². The molecule has 0 bridgehead atoms. The van der Waals surface area contributed by atoms with Crippen molar-refractivity contribution in [2.45, 2.75) is 11.8 Å². The van der Waals surface area contributed by atoms with Gasteiger partial charge in [0.15, 0.2) is 0 Å². The third kappa shape index (κ3) is 1.63. The quantitative estimate of drug-likeness (QED) is 0.861. The predicted molar refractivity (Wildman–Crippen MR) is 71.8 cm³/mol. The average molecular weight is 295 g/mol. The minimum atomic E-state index is -2.90. The van der Waals surface area contributed by atoms with Crippen LogP contribution < -0.4 is 5.32 Å². The molecule has 1 atom stereocenters. The number of pyridine rings is 1. The number of carbonyl (C=O) groups is 1. The highest BCUT2D eigenvalue weighted by Gasteiger charge is 2.49. The van der Waals surface area contributed by atoms with E-state index in [0.29, 0.717) is 10.7 Å². The molecule has 3 nitrogen and oxygen atoms in total. The van der Waals surface area contributed by atoms with Gasteiger partial charge in [-0.15, -0.1) is 0 Å². The van der Waals surface area contributed by atoms with Gasteiger partial charge in [-0.1, -0.05) is 17.7 Å². The molecule has 0 fully saturated rings. The molecule has 1 aromatic carbocycles. The minimum Gasteiger partial charge on any atom is -0.340 e. The molecule has 0 saturated carbocycles. The topological polar surface area (TPSA) is 42.0 Å². The van der Waals surface area contributed by atoms with Gasteiger partial charge in [0.1, 0.15) is 17.5 Å². The lowest BCUT2D eigenvalue weighted by molar-refractivity contribution is -0.115. The highest BCUT2D eigenvalue weighted by Crippen LogP contribution is 2.47. The maximum absolute atomic E-state index is 13.7. The average Bonchev–Trinajstić information content (AvgIpc) is 2.44. The molecule has 0 spiro atoms. The Morgan fingerprint density at radius 3 is 2.80 bits per heavy atom. The van der Waals surface area contributed by atoms with E-state index in [9.17, 15) is 13.6 Å². The zero-order chi connectivity index (χ0) is 14.3. The highest BCUT2D eigenvalue weighted by molar-refractivity contribution is 6.30. The van der Waals surface area contributed by atoms with Crippen molar-refractivity contribution in [3.8, 4) is 0 Å². The van der Waals surface area contributed by atoms with E-state index < -0.39 is 11.8 Å². The van der Waals surface area contributed by atoms with Crippen LogP contribution in [0.4, 0.5) is 20.3 Å². The lowest BCUT2D eigenvalue weighted by Gasteiger charge is -2.35. The van der Waals surface area contributed by atoms with E-state index in [-0.39, 0.29) is 23.2 Å². The molecule has 1 aliphatic heterocycles. The number of aldehydes is 1. The number of alkyl halides is 2. The molecule has 6 heteroatoms. The molecular formula is C14H9ClF2N2O. The van der Waals surface area contributed by atoms with Gasteiger partial charge in [-0.3, -0.25) is 0 Å². The number of nitrogens with zero attached hydrogens (tertiary/aromatic N) is 1. The van der Waals surface area contributed by atoms with E-state index in [4.69, 9.17) is 11.6 Å². The Hall–Kier alpha value is -2.01. The molecule has 1 unspecified atom stereocenters. The Labute approximate surface area is 118 Å². The second-order valence-electron chi connectivity index (χ2n) is 4.50. The molecule has 0 aliphatic carbocycles. The normalized spacial score (nSPS) is 20.0. The summed E-state index contributed by atoms with van der Waals surface area (Å²) in [5, 5.41) is 3.25. The van der Waals surface area contributed by atoms with Gasteiger partial charge in [0.25, 0.3) is 6.43 Å². The van der Waals surface area contributed by atoms with Crippen molar-refractivity contribution >= 4 is 29.4 Å². The number of nitrogens with one attached hydrogen (secondary N) is 1. The van der Waals surface area contributed by atoms with Crippen molar-refractivity contribution in [2.75, 3.05) is 5.32 Å². The number of halogens is 3. The van der Waals surface area contributed by atoms with Crippen LogP contribution in [0.15, 0.2) is 36.5 Å². The number of rotatable bonds is 2. The predicted octanol–water partition coefficient (Wildman–Crippen LogP) is 3.54. The number of benzene rings is 1. The standard InChI is InChI=1S/C14H9ClF2N2O/c15-8-3-4-11-10(6-8)14(7-20,13(16)17)9-2-1-5-18-12(9)19-11/h1-7,13H,(H,18,19). The smallest absolute Gasteiger partial charge is 0.259 e. The van der Waals surface area contributed by atoms with Gasteiger partial charge in [0.2, 0.25) is 0 Å². The maximum Gasteiger partial charge on any atom is 0.259 e. The molecule has 1 aromatic heterocycles. The van der Waals surface area contributed by atoms with E-state index in [1.165, 1.54) is 24.4 Å². The summed E-state index contributed by atoms with van der Waals surface area (Å²) in [6, 6.07) is 7.52. The SMILES string of the molecule is O=CC1(C(F)F)c2cc(Cl)ccc2Nc2ncccc21. The Morgan fingerprint density at radius 1 is 1.30 bits per heavy atom. The molecule has 1 aliphatic rings. The van der Waals surface area contributed by atoms with Crippen LogP contribution in [0.1, 0.15) is 11.1 Å². The number of fused-ring (bicyclic) bond motifs is 2. The Bertz CT molecular complexity index is 693. The molecule has 0 amide bonds. The first-order valence-corrected chi connectivity index (χ1v) is 6.24. The summed E-state index contributed by atoms with van der Waals surface area (Å²) in [7, 11) is 0. The van der Waals surface area contributed by atoms with Crippen molar-refractivity contribution in [3.05, 3.63) is 52.7 Å². The molecule has 102 valence electrons. The fourth-order valence-corrected chi connectivity index (χ4v) is 2.66. The molecule has 0 saturated heterocycles. The van der Waals surface area contributed by atoms with Gasteiger partial charge >= 0.3 is 0 Å². The van der Waals surface area contributed by atoms with Crippen LogP contribution in [-0.4, -0.2) is 17.7 Å². The number of hydrogen-bond donors (Lipinski definition) is 1. The van der Waals surface area contributed by atoms with Crippen molar-refractivity contribution in [1.82, 2.24) is 4.98 Å².